The highest BCUT2D eigenvalue weighted by Crippen LogP contribution is 2.46. The zero-order valence-electron chi connectivity index (χ0n) is 28.2. The van der Waals surface area contributed by atoms with Gasteiger partial charge in [-0.3, -0.25) is 4.57 Å². The lowest BCUT2D eigenvalue weighted by atomic mass is 10.1. The maximum Gasteiger partial charge on any atom is 0.137 e. The minimum absolute atomic E-state index is 0.406. The molecule has 0 amide bonds. The number of rotatable bonds is 7. The average Bonchev–Trinajstić information content (AvgIpc) is 3.72. The highest BCUT2D eigenvalue weighted by Gasteiger charge is 2.28. The Kier molecular flexibility index (Phi) is 7.32. The maximum absolute atomic E-state index is 4.90. The van der Waals surface area contributed by atoms with E-state index in [2.05, 4.69) is 197 Å². The van der Waals surface area contributed by atoms with Crippen molar-refractivity contribution in [3.05, 3.63) is 176 Å². The van der Waals surface area contributed by atoms with Gasteiger partial charge in [-0.05, 0) is 96.4 Å². The molecule has 6 aromatic carbocycles. The first-order valence-corrected chi connectivity index (χ1v) is 17.3. The van der Waals surface area contributed by atoms with Crippen molar-refractivity contribution in [2.75, 3.05) is 21.4 Å². The molecule has 0 saturated carbocycles. The molecule has 0 bridgehead atoms. The number of anilines is 7. The van der Waals surface area contributed by atoms with Gasteiger partial charge in [-0.25, -0.2) is 4.98 Å². The van der Waals surface area contributed by atoms with Gasteiger partial charge >= 0.3 is 0 Å². The fourth-order valence-corrected chi connectivity index (χ4v) is 7.35. The summed E-state index contributed by atoms with van der Waals surface area (Å²) in [6.07, 6.45) is 1.94. The molecule has 0 N–H and O–H groups in total. The van der Waals surface area contributed by atoms with Gasteiger partial charge in [0.15, 0.2) is 0 Å². The third kappa shape index (κ3) is 5.06. The van der Waals surface area contributed by atoms with Crippen molar-refractivity contribution in [3.63, 3.8) is 0 Å². The van der Waals surface area contributed by atoms with Crippen LogP contribution >= 0.6 is 0 Å². The molecule has 2 aromatic heterocycles. The molecule has 5 nitrogen and oxygen atoms in total. The Morgan fingerprint density at radius 1 is 0.520 bits per heavy atom. The molecule has 50 heavy (non-hydrogen) atoms. The summed E-state index contributed by atoms with van der Waals surface area (Å²) in [6, 6.07) is 58.7. The summed E-state index contributed by atoms with van der Waals surface area (Å²) in [5.74, 6) is 1.34. The molecule has 0 aliphatic carbocycles. The molecule has 0 unspecified atom stereocenters. The number of para-hydroxylation sites is 5. The van der Waals surface area contributed by atoms with Crippen molar-refractivity contribution in [1.29, 1.82) is 0 Å². The van der Waals surface area contributed by atoms with Crippen molar-refractivity contribution in [1.82, 2.24) is 9.55 Å². The van der Waals surface area contributed by atoms with Crippen LogP contribution in [0.2, 0.25) is 0 Å². The van der Waals surface area contributed by atoms with Crippen LogP contribution in [-0.4, -0.2) is 16.2 Å². The van der Waals surface area contributed by atoms with E-state index in [0.29, 0.717) is 5.92 Å². The summed E-state index contributed by atoms with van der Waals surface area (Å²) in [5, 5.41) is 2.42. The fraction of sp³-hybridized carbons (Fsp3) is 0.0889. The second-order valence-corrected chi connectivity index (χ2v) is 13.2. The van der Waals surface area contributed by atoms with Gasteiger partial charge in [-0.2, -0.15) is 0 Å². The van der Waals surface area contributed by atoms with Gasteiger partial charge in [0.25, 0.3) is 0 Å². The zero-order valence-corrected chi connectivity index (χ0v) is 28.2. The summed E-state index contributed by atoms with van der Waals surface area (Å²) < 4.78 is 2.32. The number of benzene rings is 6. The molecule has 0 saturated heterocycles. The lowest BCUT2D eigenvalue weighted by Crippen LogP contribution is -2.24. The van der Waals surface area contributed by atoms with Crippen molar-refractivity contribution in [2.24, 2.45) is 0 Å². The third-order valence-corrected chi connectivity index (χ3v) is 9.81. The molecule has 5 heteroatoms. The van der Waals surface area contributed by atoms with Crippen molar-refractivity contribution in [3.8, 4) is 5.82 Å². The van der Waals surface area contributed by atoms with Crippen molar-refractivity contribution in [2.45, 2.75) is 19.8 Å². The monoisotopic (exact) mass is 647 g/mol. The van der Waals surface area contributed by atoms with E-state index in [1.54, 1.807) is 0 Å². The molecule has 1 aliphatic rings. The van der Waals surface area contributed by atoms with Crippen molar-refractivity contribution >= 4 is 61.6 Å². The number of nitrogens with zero attached hydrogens (tertiary/aromatic N) is 5. The van der Waals surface area contributed by atoms with Crippen LogP contribution in [0.25, 0.3) is 27.6 Å². The summed E-state index contributed by atoms with van der Waals surface area (Å²) in [7, 11) is 0. The first-order chi connectivity index (χ1) is 24.6. The second kappa shape index (κ2) is 12.3. The average molecular weight is 648 g/mol. The Bertz CT molecular complexity index is 2470. The third-order valence-electron chi connectivity index (χ3n) is 9.81. The minimum Gasteiger partial charge on any atom is -0.321 e. The Balaban J connectivity index is 1.19. The summed E-state index contributed by atoms with van der Waals surface area (Å²) in [4.78, 5) is 12.0. The summed E-state index contributed by atoms with van der Waals surface area (Å²) in [5.41, 5.74) is 11.5. The van der Waals surface area contributed by atoms with E-state index in [1.165, 1.54) is 33.4 Å². The predicted molar refractivity (Wildman–Crippen MR) is 209 cm³/mol. The number of hydrogen-bond acceptors (Lipinski definition) is 4. The SMILES string of the molecule is CC(C)c1ccnc(-n2c3ccccc3c3ccc(N(c4ccccc4)c4cccc(N5CN(c6ccccc6)c6ccccc65)c4)cc32)c1. The molecular weight excluding hydrogens is 611 g/mol. The zero-order chi connectivity index (χ0) is 33.6. The Morgan fingerprint density at radius 3 is 1.92 bits per heavy atom. The van der Waals surface area contributed by atoms with Crippen LogP contribution in [0.3, 0.4) is 0 Å². The largest absolute Gasteiger partial charge is 0.321 e. The van der Waals surface area contributed by atoms with E-state index in [0.717, 1.165) is 46.3 Å². The molecule has 0 fully saturated rings. The smallest absolute Gasteiger partial charge is 0.137 e. The van der Waals surface area contributed by atoms with E-state index < -0.39 is 0 Å². The van der Waals surface area contributed by atoms with Crippen LogP contribution < -0.4 is 14.7 Å². The van der Waals surface area contributed by atoms with Gasteiger partial charge in [-0.1, -0.05) is 92.7 Å². The van der Waals surface area contributed by atoms with E-state index >= 15 is 0 Å². The second-order valence-electron chi connectivity index (χ2n) is 13.2. The highest BCUT2D eigenvalue weighted by atomic mass is 15.4. The molecule has 0 atom stereocenters. The number of pyridine rings is 1. The predicted octanol–water partition coefficient (Wildman–Crippen LogP) is 12.0. The molecule has 3 heterocycles. The number of fused-ring (bicyclic) bond motifs is 4. The molecule has 1 aliphatic heterocycles. The fourth-order valence-electron chi connectivity index (χ4n) is 7.35. The topological polar surface area (TPSA) is 27.5 Å². The number of aromatic nitrogens is 2. The van der Waals surface area contributed by atoms with E-state index in [4.69, 9.17) is 4.98 Å². The molecule has 8 aromatic rings. The summed E-state index contributed by atoms with van der Waals surface area (Å²) in [6.45, 7) is 5.19. The normalized spacial score (nSPS) is 12.6. The molecule has 9 rings (SSSR count). The van der Waals surface area contributed by atoms with Crippen LogP contribution in [0.15, 0.2) is 170 Å². The first-order valence-electron chi connectivity index (χ1n) is 17.3. The Morgan fingerprint density at radius 2 is 1.14 bits per heavy atom. The number of hydrogen-bond donors (Lipinski definition) is 0. The van der Waals surface area contributed by atoms with Gasteiger partial charge in [0, 0.05) is 45.4 Å². The maximum atomic E-state index is 4.90. The van der Waals surface area contributed by atoms with Crippen LogP contribution in [0, 0.1) is 0 Å². The Hall–Kier alpha value is -6.33. The van der Waals surface area contributed by atoms with Gasteiger partial charge in [0.2, 0.25) is 0 Å². The lowest BCUT2D eigenvalue weighted by Gasteiger charge is -2.28. The highest BCUT2D eigenvalue weighted by molar-refractivity contribution is 6.10. The van der Waals surface area contributed by atoms with E-state index in [1.807, 2.05) is 6.20 Å². The first kappa shape index (κ1) is 29.8. The van der Waals surface area contributed by atoms with Crippen LogP contribution in [0.5, 0.6) is 0 Å². The summed E-state index contributed by atoms with van der Waals surface area (Å²) >= 11 is 0. The van der Waals surface area contributed by atoms with Crippen LogP contribution in [0.4, 0.5) is 39.8 Å². The van der Waals surface area contributed by atoms with Gasteiger partial charge in [0.05, 0.1) is 22.4 Å². The van der Waals surface area contributed by atoms with Crippen LogP contribution in [-0.2, 0) is 0 Å². The molecular formula is C45H37N5. The lowest BCUT2D eigenvalue weighted by molar-refractivity contribution is 0.858. The van der Waals surface area contributed by atoms with Gasteiger partial charge in [-0.15, -0.1) is 0 Å². The van der Waals surface area contributed by atoms with E-state index in [9.17, 15) is 0 Å². The van der Waals surface area contributed by atoms with Crippen molar-refractivity contribution < 1.29 is 0 Å². The van der Waals surface area contributed by atoms with Gasteiger partial charge < -0.3 is 14.7 Å². The van der Waals surface area contributed by atoms with Gasteiger partial charge in [0.1, 0.15) is 12.5 Å². The molecule has 0 radical (unpaired) electrons. The van der Waals surface area contributed by atoms with Crippen LogP contribution in [0.1, 0.15) is 25.3 Å². The van der Waals surface area contributed by atoms with E-state index in [-0.39, 0.29) is 0 Å². The molecule has 242 valence electrons. The molecule has 0 spiro atoms. The minimum atomic E-state index is 0.406. The quantitative estimate of drug-likeness (QED) is 0.172. The standard InChI is InChI=1S/C45H37N5/c1-32(2)33-26-27-46-45(28-33)50-41-21-10-9-20-39(41)40-25-24-38(30-44(40)50)49(35-16-7-4-8-17-35)37-19-13-18-36(29-37)48-31-47(34-14-5-3-6-15-34)42-22-11-12-23-43(42)48/h3-30,32H,31H2,1-2H3. The Labute approximate surface area is 292 Å².